The third-order valence-corrected chi connectivity index (χ3v) is 2.32. The first-order chi connectivity index (χ1) is 6.16. The minimum atomic E-state index is -0.496. The monoisotopic (exact) mass is 243 g/mol. The summed E-state index contributed by atoms with van der Waals surface area (Å²) in [5.41, 5.74) is 0.393. The van der Waals surface area contributed by atoms with Crippen LogP contribution in [-0.2, 0) is 11.2 Å². The molecule has 0 aliphatic rings. The van der Waals surface area contributed by atoms with E-state index in [9.17, 15) is 14.9 Å². The van der Waals surface area contributed by atoms with Crippen LogP contribution in [0.2, 0.25) is 0 Å². The van der Waals surface area contributed by atoms with Gasteiger partial charge in [0.25, 0.3) is 5.69 Å². The summed E-state index contributed by atoms with van der Waals surface area (Å²) in [7, 11) is 0. The van der Waals surface area contributed by atoms with E-state index in [1.165, 1.54) is 6.07 Å². The Morgan fingerprint density at radius 3 is 2.77 bits per heavy atom. The summed E-state index contributed by atoms with van der Waals surface area (Å²) in [5, 5.41) is 10.5. The summed E-state index contributed by atoms with van der Waals surface area (Å²) < 4.78 is 0.591. The molecule has 0 aliphatic heterocycles. The van der Waals surface area contributed by atoms with Gasteiger partial charge in [0.15, 0.2) is 0 Å². The number of aldehydes is 1. The fraction of sp³-hybridized carbons (Fsp3) is 0.125. The van der Waals surface area contributed by atoms with Gasteiger partial charge in [-0.3, -0.25) is 10.1 Å². The van der Waals surface area contributed by atoms with Crippen molar-refractivity contribution in [2.24, 2.45) is 0 Å². The normalized spacial score (nSPS) is 9.62. The van der Waals surface area contributed by atoms with Crippen molar-refractivity contribution in [3.8, 4) is 0 Å². The lowest BCUT2D eigenvalue weighted by atomic mass is 10.1. The van der Waals surface area contributed by atoms with Gasteiger partial charge in [0, 0.05) is 17.0 Å². The maximum atomic E-state index is 10.5. The molecule has 0 atom stereocenters. The number of benzene rings is 1. The van der Waals surface area contributed by atoms with Crippen LogP contribution in [-0.4, -0.2) is 11.2 Å². The molecule has 0 bridgehead atoms. The Labute approximate surface area is 82.8 Å². The van der Waals surface area contributed by atoms with E-state index in [2.05, 4.69) is 15.9 Å². The quantitative estimate of drug-likeness (QED) is 0.464. The van der Waals surface area contributed by atoms with E-state index in [4.69, 9.17) is 0 Å². The van der Waals surface area contributed by atoms with E-state index in [1.54, 1.807) is 12.1 Å². The summed E-state index contributed by atoms with van der Waals surface area (Å²) in [5.74, 6) is 0. The Balaban J connectivity index is 3.24. The molecule has 0 fully saturated rings. The number of nitro benzene ring substituents is 1. The zero-order chi connectivity index (χ0) is 9.84. The van der Waals surface area contributed by atoms with Crippen molar-refractivity contribution >= 4 is 27.9 Å². The van der Waals surface area contributed by atoms with Gasteiger partial charge in [0.05, 0.1) is 10.5 Å². The average Bonchev–Trinajstić information content (AvgIpc) is 2.08. The summed E-state index contributed by atoms with van der Waals surface area (Å²) in [4.78, 5) is 20.3. The lowest BCUT2D eigenvalue weighted by molar-refractivity contribution is -0.385. The number of nitrogens with zero attached hydrogens (tertiary/aromatic N) is 1. The smallest absolute Gasteiger partial charge is 0.274 e. The molecule has 1 aromatic carbocycles. The Hall–Kier alpha value is -1.23. The van der Waals surface area contributed by atoms with Crippen molar-refractivity contribution < 1.29 is 9.72 Å². The van der Waals surface area contributed by atoms with Crippen molar-refractivity contribution in [1.29, 1.82) is 0 Å². The van der Waals surface area contributed by atoms with Crippen molar-refractivity contribution in [2.45, 2.75) is 6.42 Å². The molecule has 0 aliphatic carbocycles. The third-order valence-electron chi connectivity index (χ3n) is 1.58. The zero-order valence-corrected chi connectivity index (χ0v) is 8.15. The van der Waals surface area contributed by atoms with Gasteiger partial charge in [-0.05, 0) is 6.07 Å². The van der Waals surface area contributed by atoms with E-state index in [1.807, 2.05) is 0 Å². The Kier molecular flexibility index (Phi) is 3.13. The van der Waals surface area contributed by atoms with Crippen LogP contribution in [0.1, 0.15) is 5.56 Å². The van der Waals surface area contributed by atoms with E-state index in [0.29, 0.717) is 16.3 Å². The predicted octanol–water partition coefficient (Wildman–Crippen LogP) is 2.10. The number of carbonyl (C=O) groups is 1. The van der Waals surface area contributed by atoms with Crippen molar-refractivity contribution in [2.75, 3.05) is 0 Å². The van der Waals surface area contributed by atoms with Crippen LogP contribution in [0.5, 0.6) is 0 Å². The highest BCUT2D eigenvalue weighted by Crippen LogP contribution is 2.26. The molecular weight excluding hydrogens is 238 g/mol. The second kappa shape index (κ2) is 4.13. The average molecular weight is 244 g/mol. The molecule has 0 saturated heterocycles. The van der Waals surface area contributed by atoms with Crippen LogP contribution in [0.4, 0.5) is 5.69 Å². The summed E-state index contributed by atoms with van der Waals surface area (Å²) in [6, 6.07) is 4.62. The molecule has 5 heteroatoms. The lowest BCUT2D eigenvalue weighted by Gasteiger charge is -2.00. The molecule has 0 unspecified atom stereocenters. The second-order valence-corrected chi connectivity index (χ2v) is 3.22. The van der Waals surface area contributed by atoms with Gasteiger partial charge in [0.1, 0.15) is 6.29 Å². The van der Waals surface area contributed by atoms with Crippen LogP contribution in [0.3, 0.4) is 0 Å². The summed E-state index contributed by atoms with van der Waals surface area (Å²) in [6.45, 7) is 0. The van der Waals surface area contributed by atoms with Gasteiger partial charge >= 0.3 is 0 Å². The van der Waals surface area contributed by atoms with Crippen LogP contribution in [0, 0.1) is 10.1 Å². The van der Waals surface area contributed by atoms with E-state index in [-0.39, 0.29) is 12.1 Å². The van der Waals surface area contributed by atoms with Crippen LogP contribution in [0.15, 0.2) is 22.7 Å². The molecular formula is C8H6BrNO3. The van der Waals surface area contributed by atoms with Crippen LogP contribution < -0.4 is 0 Å². The Morgan fingerprint density at radius 2 is 2.23 bits per heavy atom. The molecule has 0 saturated carbocycles. The highest BCUT2D eigenvalue weighted by atomic mass is 79.9. The molecule has 0 N–H and O–H groups in total. The molecule has 0 amide bonds. The molecule has 4 nitrogen and oxygen atoms in total. The van der Waals surface area contributed by atoms with Crippen LogP contribution in [0.25, 0.3) is 0 Å². The highest BCUT2D eigenvalue weighted by Gasteiger charge is 2.14. The molecule has 1 aromatic rings. The molecule has 13 heavy (non-hydrogen) atoms. The van der Waals surface area contributed by atoms with Gasteiger partial charge in [-0.25, -0.2) is 0 Å². The first-order valence-corrected chi connectivity index (χ1v) is 4.31. The number of halogens is 1. The second-order valence-electron chi connectivity index (χ2n) is 2.37. The molecule has 0 heterocycles. The topological polar surface area (TPSA) is 60.2 Å². The number of hydrogen-bond acceptors (Lipinski definition) is 3. The Bertz CT molecular complexity index is 351. The molecule has 0 radical (unpaired) electrons. The number of carbonyl (C=O) groups excluding carboxylic acids is 1. The fourth-order valence-corrected chi connectivity index (χ4v) is 1.52. The van der Waals surface area contributed by atoms with Crippen LogP contribution >= 0.6 is 15.9 Å². The largest absolute Gasteiger partial charge is 0.303 e. The van der Waals surface area contributed by atoms with Gasteiger partial charge in [-0.1, -0.05) is 22.0 Å². The first-order valence-electron chi connectivity index (χ1n) is 3.52. The third kappa shape index (κ3) is 2.12. The fourth-order valence-electron chi connectivity index (χ4n) is 1.00. The molecule has 68 valence electrons. The predicted molar refractivity (Wildman–Crippen MR) is 50.6 cm³/mol. The molecule has 1 rings (SSSR count). The summed E-state index contributed by atoms with van der Waals surface area (Å²) in [6.07, 6.45) is 0.699. The van der Waals surface area contributed by atoms with Gasteiger partial charge in [0.2, 0.25) is 0 Å². The van der Waals surface area contributed by atoms with E-state index in [0.717, 1.165) is 0 Å². The van der Waals surface area contributed by atoms with Gasteiger partial charge < -0.3 is 4.79 Å². The number of nitro groups is 1. The van der Waals surface area contributed by atoms with Crippen molar-refractivity contribution in [3.05, 3.63) is 38.3 Å². The van der Waals surface area contributed by atoms with E-state index < -0.39 is 4.92 Å². The highest BCUT2D eigenvalue weighted by molar-refractivity contribution is 9.10. The van der Waals surface area contributed by atoms with Gasteiger partial charge in [-0.2, -0.15) is 0 Å². The molecule has 0 spiro atoms. The minimum absolute atomic E-state index is 0.0264. The maximum Gasteiger partial charge on any atom is 0.274 e. The first kappa shape index (κ1) is 9.85. The summed E-state index contributed by atoms with van der Waals surface area (Å²) >= 11 is 3.15. The lowest BCUT2D eigenvalue weighted by Crippen LogP contribution is -1.96. The van der Waals surface area contributed by atoms with E-state index >= 15 is 0 Å². The minimum Gasteiger partial charge on any atom is -0.303 e. The Morgan fingerprint density at radius 1 is 1.54 bits per heavy atom. The SMILES string of the molecule is O=CCc1c(Br)cccc1[N+](=O)[O-]. The van der Waals surface area contributed by atoms with Gasteiger partial charge in [-0.15, -0.1) is 0 Å². The number of rotatable bonds is 3. The zero-order valence-electron chi connectivity index (χ0n) is 6.57. The molecule has 0 aromatic heterocycles. The van der Waals surface area contributed by atoms with Crippen molar-refractivity contribution in [1.82, 2.24) is 0 Å². The van der Waals surface area contributed by atoms with Crippen molar-refractivity contribution in [3.63, 3.8) is 0 Å². The maximum absolute atomic E-state index is 10.5. The standard InChI is InChI=1S/C8H6BrNO3/c9-7-2-1-3-8(10(12)13)6(7)4-5-11/h1-3,5H,4H2. The number of hydrogen-bond donors (Lipinski definition) is 0.